The fourth-order valence-electron chi connectivity index (χ4n) is 4.10. The number of fused-ring (bicyclic) bond motifs is 2. The topological polar surface area (TPSA) is 140 Å². The molecule has 2 N–H and O–H groups in total. The van der Waals surface area contributed by atoms with Crippen LogP contribution in [-0.4, -0.2) is 29.7 Å². The monoisotopic (exact) mass is 483 g/mol. The van der Waals surface area contributed by atoms with Crippen LogP contribution in [0.25, 0.3) is 21.9 Å². The zero-order valence-corrected chi connectivity index (χ0v) is 19.4. The highest BCUT2D eigenvalue weighted by atomic mass is 16.6. The largest absolute Gasteiger partial charge is 0.329 e. The van der Waals surface area contributed by atoms with Gasteiger partial charge in [-0.15, -0.1) is 0 Å². The molecule has 0 aliphatic rings. The zero-order valence-electron chi connectivity index (χ0n) is 19.4. The lowest BCUT2D eigenvalue weighted by Gasteiger charge is -2.11. The molecule has 0 fully saturated rings. The van der Waals surface area contributed by atoms with Crippen molar-refractivity contribution in [1.82, 2.24) is 19.1 Å². The maximum atomic E-state index is 12.8. The number of rotatable bonds is 6. The second kappa shape index (κ2) is 8.95. The Balaban J connectivity index is 1.61. The zero-order chi connectivity index (χ0) is 25.4. The summed E-state index contributed by atoms with van der Waals surface area (Å²) >= 11 is 0. The Morgan fingerprint density at radius 3 is 2.56 bits per heavy atom. The maximum Gasteiger partial charge on any atom is 0.329 e. The molecule has 0 saturated carbocycles. The van der Waals surface area contributed by atoms with Crippen molar-refractivity contribution >= 4 is 39.3 Å². The number of H-pyrrole nitrogens is 1. The van der Waals surface area contributed by atoms with Gasteiger partial charge in [-0.1, -0.05) is 42.5 Å². The number of non-ortho nitro benzene ring substituents is 1. The summed E-state index contributed by atoms with van der Waals surface area (Å²) in [5, 5.41) is 17.4. The van der Waals surface area contributed by atoms with E-state index in [2.05, 4.69) is 20.5 Å². The van der Waals surface area contributed by atoms with Gasteiger partial charge >= 0.3 is 5.69 Å². The molecule has 0 bridgehead atoms. The Hall–Kier alpha value is -5.06. The first-order valence-corrected chi connectivity index (χ1v) is 11.0. The van der Waals surface area contributed by atoms with E-state index in [0.29, 0.717) is 17.8 Å². The number of benzene rings is 3. The molecule has 5 aromatic rings. The maximum absolute atomic E-state index is 12.8. The van der Waals surface area contributed by atoms with Gasteiger partial charge in [0.15, 0.2) is 11.2 Å². The molecule has 3 aromatic carbocycles. The minimum Gasteiger partial charge on any atom is -0.298 e. The summed E-state index contributed by atoms with van der Waals surface area (Å²) in [6.07, 6.45) is 0. The van der Waals surface area contributed by atoms with Gasteiger partial charge in [0, 0.05) is 19.2 Å². The van der Waals surface area contributed by atoms with E-state index in [1.165, 1.54) is 23.7 Å². The minimum atomic E-state index is -0.570. The summed E-state index contributed by atoms with van der Waals surface area (Å²) in [4.78, 5) is 42.3. The number of hydrogen-bond acceptors (Lipinski definition) is 7. The fraction of sp³-hybridized carbons (Fsp3) is 0.120. The van der Waals surface area contributed by atoms with Crippen molar-refractivity contribution < 1.29 is 4.92 Å². The highest BCUT2D eigenvalue weighted by Crippen LogP contribution is 2.23. The van der Waals surface area contributed by atoms with Crippen LogP contribution in [-0.2, 0) is 13.6 Å². The smallest absolute Gasteiger partial charge is 0.298 e. The van der Waals surface area contributed by atoms with Crippen molar-refractivity contribution in [3.05, 3.63) is 109 Å². The molecule has 2 heterocycles. The first-order chi connectivity index (χ1) is 17.3. The first kappa shape index (κ1) is 22.7. The van der Waals surface area contributed by atoms with Gasteiger partial charge in [0.05, 0.1) is 17.2 Å². The third-order valence-corrected chi connectivity index (χ3v) is 6.03. The number of anilines is 1. The van der Waals surface area contributed by atoms with Crippen LogP contribution in [0.15, 0.2) is 81.4 Å². The normalized spacial score (nSPS) is 11.8. The molecule has 0 atom stereocenters. The van der Waals surface area contributed by atoms with Crippen molar-refractivity contribution in [2.24, 2.45) is 12.1 Å². The summed E-state index contributed by atoms with van der Waals surface area (Å²) in [6.45, 7) is 2.04. The molecular weight excluding hydrogens is 462 g/mol. The van der Waals surface area contributed by atoms with Gasteiger partial charge in [0.1, 0.15) is 0 Å². The average molecular weight is 483 g/mol. The molecule has 5 rings (SSSR count). The van der Waals surface area contributed by atoms with Gasteiger partial charge in [-0.2, -0.15) is 10.1 Å². The second-order valence-electron chi connectivity index (χ2n) is 8.26. The molecule has 0 aliphatic heterocycles. The molecule has 0 amide bonds. The van der Waals surface area contributed by atoms with Crippen molar-refractivity contribution in [3.63, 3.8) is 0 Å². The van der Waals surface area contributed by atoms with E-state index in [0.717, 1.165) is 16.3 Å². The molecule has 11 nitrogen and oxygen atoms in total. The lowest BCUT2D eigenvalue weighted by molar-refractivity contribution is -0.384. The minimum absolute atomic E-state index is 0.0171. The highest BCUT2D eigenvalue weighted by Gasteiger charge is 2.18. The number of hydrazone groups is 1. The van der Waals surface area contributed by atoms with Crippen molar-refractivity contribution in [3.8, 4) is 0 Å². The van der Waals surface area contributed by atoms with E-state index >= 15 is 0 Å². The number of nitro benzene ring substituents is 1. The Morgan fingerprint density at radius 2 is 1.81 bits per heavy atom. The van der Waals surface area contributed by atoms with Crippen LogP contribution in [0.2, 0.25) is 0 Å². The van der Waals surface area contributed by atoms with Crippen LogP contribution in [0.3, 0.4) is 0 Å². The van der Waals surface area contributed by atoms with Crippen LogP contribution in [0.5, 0.6) is 0 Å². The van der Waals surface area contributed by atoms with Crippen LogP contribution >= 0.6 is 0 Å². The first-order valence-electron chi connectivity index (χ1n) is 11.0. The Labute approximate surface area is 203 Å². The number of imidazole rings is 1. The van der Waals surface area contributed by atoms with Crippen molar-refractivity contribution in [2.75, 3.05) is 5.43 Å². The van der Waals surface area contributed by atoms with E-state index in [4.69, 9.17) is 0 Å². The van der Waals surface area contributed by atoms with Gasteiger partial charge in [-0.25, -0.2) is 10.2 Å². The number of aryl methyl sites for hydroxylation is 1. The summed E-state index contributed by atoms with van der Waals surface area (Å²) in [7, 11) is 1.53. The van der Waals surface area contributed by atoms with Gasteiger partial charge in [0.25, 0.3) is 11.2 Å². The second-order valence-corrected chi connectivity index (χ2v) is 8.26. The lowest BCUT2D eigenvalue weighted by atomic mass is 10.0. The van der Waals surface area contributed by atoms with Crippen LogP contribution in [0.4, 0.5) is 11.6 Å². The molecular formula is C25H21N7O4. The predicted molar refractivity (Wildman–Crippen MR) is 138 cm³/mol. The molecule has 0 unspecified atom stereocenters. The number of aromatic amines is 1. The number of aromatic nitrogens is 4. The average Bonchev–Trinajstić information content (AvgIpc) is 3.25. The van der Waals surface area contributed by atoms with E-state index in [9.17, 15) is 19.7 Å². The van der Waals surface area contributed by atoms with Crippen LogP contribution < -0.4 is 16.7 Å². The standard InChI is InChI=1S/C25H21N7O4/c1-15(16-10-12-19(13-11-16)32(35)36)28-29-24-26-22-21(23(33)27-25(34)30(22)2)31(24)14-18-8-5-7-17-6-3-4-9-20(17)18/h3-13H,14H2,1-2H3,(H,26,29)(H,27,33,34)/b28-15-. The Bertz CT molecular complexity index is 1770. The number of nitro groups is 1. The molecule has 11 heteroatoms. The molecule has 2 aromatic heterocycles. The van der Waals surface area contributed by atoms with Gasteiger partial charge in [0.2, 0.25) is 5.95 Å². The number of hydrogen-bond donors (Lipinski definition) is 2. The Kier molecular flexibility index (Phi) is 5.65. The summed E-state index contributed by atoms with van der Waals surface area (Å²) < 4.78 is 2.95. The summed E-state index contributed by atoms with van der Waals surface area (Å²) in [6, 6.07) is 19.9. The molecule has 0 radical (unpaired) electrons. The fourth-order valence-corrected chi connectivity index (χ4v) is 4.10. The Morgan fingerprint density at radius 1 is 1.08 bits per heavy atom. The third-order valence-electron chi connectivity index (χ3n) is 6.03. The quantitative estimate of drug-likeness (QED) is 0.216. The van der Waals surface area contributed by atoms with Gasteiger partial charge < -0.3 is 0 Å². The third kappa shape index (κ3) is 4.02. The van der Waals surface area contributed by atoms with Gasteiger partial charge in [-0.05, 0) is 41.0 Å². The van der Waals surface area contributed by atoms with E-state index < -0.39 is 16.2 Å². The molecule has 0 spiro atoms. The van der Waals surface area contributed by atoms with Crippen molar-refractivity contribution in [1.29, 1.82) is 0 Å². The van der Waals surface area contributed by atoms with Crippen LogP contribution in [0.1, 0.15) is 18.1 Å². The van der Waals surface area contributed by atoms with Crippen LogP contribution in [0, 0.1) is 10.1 Å². The molecule has 180 valence electrons. The number of nitrogens with zero attached hydrogens (tertiary/aromatic N) is 5. The van der Waals surface area contributed by atoms with E-state index in [1.807, 2.05) is 42.5 Å². The molecule has 0 saturated heterocycles. The van der Waals surface area contributed by atoms with Gasteiger partial charge in [-0.3, -0.25) is 29.0 Å². The summed E-state index contributed by atoms with van der Waals surface area (Å²) in [5.74, 6) is 0.269. The van der Waals surface area contributed by atoms with Crippen molar-refractivity contribution in [2.45, 2.75) is 13.5 Å². The SMILES string of the molecule is C/C(=N/Nc1nc2c(c(=O)[nH]c(=O)n2C)n1Cc1cccc2ccccc12)c1ccc([N+](=O)[O-])cc1. The molecule has 36 heavy (non-hydrogen) atoms. The lowest BCUT2D eigenvalue weighted by Crippen LogP contribution is -2.29. The summed E-state index contributed by atoms with van der Waals surface area (Å²) in [5.41, 5.74) is 4.42. The predicted octanol–water partition coefficient (Wildman–Crippen LogP) is 3.37. The molecule has 0 aliphatic carbocycles. The number of nitrogens with one attached hydrogen (secondary N) is 2. The van der Waals surface area contributed by atoms with E-state index in [-0.39, 0.29) is 22.8 Å². The van der Waals surface area contributed by atoms with E-state index in [1.54, 1.807) is 23.6 Å². The highest BCUT2D eigenvalue weighted by molar-refractivity contribution is 5.99.